The van der Waals surface area contributed by atoms with Crippen LogP contribution in [-0.4, -0.2) is 65.2 Å². The van der Waals surface area contributed by atoms with Gasteiger partial charge < -0.3 is 14.5 Å². The minimum Gasteiger partial charge on any atom is -0.473 e. The minimum absolute atomic E-state index is 0.0909. The first-order chi connectivity index (χ1) is 12.7. The Morgan fingerprint density at radius 2 is 1.96 bits per heavy atom. The lowest BCUT2D eigenvalue weighted by atomic mass is 9.95. The number of benzene rings is 1. The van der Waals surface area contributed by atoms with Crippen molar-refractivity contribution in [2.45, 2.75) is 31.8 Å². The van der Waals surface area contributed by atoms with Gasteiger partial charge in [-0.05, 0) is 32.5 Å². The Morgan fingerprint density at radius 3 is 2.77 bits per heavy atom. The molecule has 0 N–H and O–H groups in total. The van der Waals surface area contributed by atoms with E-state index in [0.717, 1.165) is 62.6 Å². The molecule has 1 aromatic heterocycles. The van der Waals surface area contributed by atoms with Crippen LogP contribution in [0.3, 0.4) is 0 Å². The van der Waals surface area contributed by atoms with Gasteiger partial charge in [-0.2, -0.15) is 5.10 Å². The summed E-state index contributed by atoms with van der Waals surface area (Å²) < 4.78 is 6.14. The molecule has 0 bridgehead atoms. The largest absolute Gasteiger partial charge is 0.473 e. The third-order valence-corrected chi connectivity index (χ3v) is 5.54. The highest BCUT2D eigenvalue weighted by Crippen LogP contribution is 2.26. The van der Waals surface area contributed by atoms with E-state index in [4.69, 9.17) is 4.74 Å². The average Bonchev–Trinajstić information content (AvgIpc) is 2.68. The summed E-state index contributed by atoms with van der Waals surface area (Å²) in [5, 5.41) is 10.2. The summed E-state index contributed by atoms with van der Waals surface area (Å²) in [7, 11) is 2.10. The molecule has 1 amide bonds. The van der Waals surface area contributed by atoms with Crippen molar-refractivity contribution < 1.29 is 9.53 Å². The maximum Gasteiger partial charge on any atom is 0.241 e. The number of hydrogen-bond donors (Lipinski definition) is 0. The molecule has 1 unspecified atom stereocenters. The van der Waals surface area contributed by atoms with Crippen molar-refractivity contribution in [1.82, 2.24) is 20.0 Å². The second-order valence-corrected chi connectivity index (χ2v) is 7.48. The number of fused-ring (bicyclic) bond motifs is 1. The number of amides is 1. The summed E-state index contributed by atoms with van der Waals surface area (Å²) in [5.41, 5.74) is 0. The monoisotopic (exact) mass is 354 g/mol. The van der Waals surface area contributed by atoms with Gasteiger partial charge in [0.15, 0.2) is 0 Å². The summed E-state index contributed by atoms with van der Waals surface area (Å²) in [5.74, 6) is 1.08. The second-order valence-electron chi connectivity index (χ2n) is 7.48. The Morgan fingerprint density at radius 1 is 1.15 bits per heavy atom. The predicted molar refractivity (Wildman–Crippen MR) is 100.0 cm³/mol. The van der Waals surface area contributed by atoms with Crippen LogP contribution in [0.5, 0.6) is 5.88 Å². The van der Waals surface area contributed by atoms with Gasteiger partial charge >= 0.3 is 0 Å². The van der Waals surface area contributed by atoms with E-state index < -0.39 is 0 Å². The number of rotatable bonds is 3. The zero-order valence-electron chi connectivity index (χ0n) is 15.3. The molecule has 2 aliphatic heterocycles. The fourth-order valence-corrected chi connectivity index (χ4v) is 4.07. The van der Waals surface area contributed by atoms with Gasteiger partial charge in [-0.25, -0.2) is 0 Å². The van der Waals surface area contributed by atoms with Crippen molar-refractivity contribution in [3.05, 3.63) is 30.5 Å². The summed E-state index contributed by atoms with van der Waals surface area (Å²) in [6.45, 7) is 3.52. The van der Waals surface area contributed by atoms with Crippen LogP contribution in [0, 0.1) is 5.92 Å². The van der Waals surface area contributed by atoms with Crippen LogP contribution < -0.4 is 4.74 Å². The molecule has 0 radical (unpaired) electrons. The Kier molecular flexibility index (Phi) is 5.02. The van der Waals surface area contributed by atoms with Gasteiger partial charge in [0, 0.05) is 43.2 Å². The molecule has 2 fully saturated rings. The van der Waals surface area contributed by atoms with E-state index in [1.54, 1.807) is 6.20 Å². The van der Waals surface area contributed by atoms with Crippen molar-refractivity contribution in [1.29, 1.82) is 0 Å². The third-order valence-electron chi connectivity index (χ3n) is 5.54. The average molecular weight is 354 g/mol. The van der Waals surface area contributed by atoms with E-state index in [-0.39, 0.29) is 12.0 Å². The first-order valence-electron chi connectivity index (χ1n) is 9.55. The molecule has 1 aromatic carbocycles. The molecular weight excluding hydrogens is 328 g/mol. The maximum atomic E-state index is 12.8. The second kappa shape index (κ2) is 7.58. The molecule has 2 aliphatic rings. The predicted octanol–water partition coefficient (Wildman–Crippen LogP) is 2.34. The highest BCUT2D eigenvalue weighted by Gasteiger charge is 2.31. The highest BCUT2D eigenvalue weighted by atomic mass is 16.5. The molecule has 0 spiro atoms. The topological polar surface area (TPSA) is 58.6 Å². The summed E-state index contributed by atoms with van der Waals surface area (Å²) >= 11 is 0. The Hall–Kier alpha value is -2.21. The van der Waals surface area contributed by atoms with Crippen LogP contribution >= 0.6 is 0 Å². The fourth-order valence-electron chi connectivity index (χ4n) is 4.07. The number of hydrogen-bond acceptors (Lipinski definition) is 5. The zero-order valence-corrected chi connectivity index (χ0v) is 15.3. The van der Waals surface area contributed by atoms with Crippen molar-refractivity contribution in [3.8, 4) is 5.88 Å². The molecule has 4 rings (SSSR count). The molecule has 6 heteroatoms. The number of aromatic nitrogens is 2. The van der Waals surface area contributed by atoms with E-state index in [9.17, 15) is 4.79 Å². The molecule has 26 heavy (non-hydrogen) atoms. The molecule has 3 heterocycles. The van der Waals surface area contributed by atoms with Gasteiger partial charge in [0.25, 0.3) is 0 Å². The third kappa shape index (κ3) is 3.65. The molecular formula is C20H26N4O2. The van der Waals surface area contributed by atoms with E-state index >= 15 is 0 Å². The normalized spacial score (nSPS) is 22.5. The van der Waals surface area contributed by atoms with Crippen LogP contribution in [0.2, 0.25) is 0 Å². The van der Waals surface area contributed by atoms with Gasteiger partial charge in [-0.15, -0.1) is 5.10 Å². The molecule has 2 aromatic rings. The summed E-state index contributed by atoms with van der Waals surface area (Å²) in [4.78, 5) is 17.1. The Labute approximate surface area is 154 Å². The Bertz CT molecular complexity index is 768. The highest BCUT2D eigenvalue weighted by molar-refractivity contribution is 5.85. The van der Waals surface area contributed by atoms with Crippen LogP contribution in [0.25, 0.3) is 10.8 Å². The first kappa shape index (κ1) is 17.2. The zero-order chi connectivity index (χ0) is 17.9. The van der Waals surface area contributed by atoms with Crippen molar-refractivity contribution >= 4 is 16.7 Å². The maximum absolute atomic E-state index is 12.8. The molecule has 0 aliphatic carbocycles. The van der Waals surface area contributed by atoms with Crippen molar-refractivity contribution in [3.63, 3.8) is 0 Å². The van der Waals surface area contributed by atoms with E-state index in [1.807, 2.05) is 29.2 Å². The summed E-state index contributed by atoms with van der Waals surface area (Å²) in [6.07, 6.45) is 5.67. The van der Waals surface area contributed by atoms with Crippen LogP contribution in [0.4, 0.5) is 0 Å². The Balaban J connectivity index is 1.35. The molecule has 1 atom stereocenters. The van der Waals surface area contributed by atoms with Crippen molar-refractivity contribution in [2.24, 2.45) is 5.92 Å². The molecule has 0 saturated carbocycles. The van der Waals surface area contributed by atoms with E-state index in [2.05, 4.69) is 22.1 Å². The van der Waals surface area contributed by atoms with Gasteiger partial charge in [-0.1, -0.05) is 18.2 Å². The minimum atomic E-state index is 0.0909. The lowest BCUT2D eigenvalue weighted by molar-refractivity contribution is -0.139. The van der Waals surface area contributed by atoms with Gasteiger partial charge in [-0.3, -0.25) is 4.79 Å². The smallest absolute Gasteiger partial charge is 0.241 e. The van der Waals surface area contributed by atoms with Crippen LogP contribution in [0.1, 0.15) is 25.7 Å². The lowest BCUT2D eigenvalue weighted by Crippen LogP contribution is -2.47. The summed E-state index contributed by atoms with van der Waals surface area (Å²) in [6, 6.07) is 8.00. The van der Waals surface area contributed by atoms with E-state index in [1.165, 1.54) is 0 Å². The number of piperidine rings is 2. The standard InChI is InChI=1S/C20H26N4O2/c1-23-10-4-6-16(14-23)20(25)24-11-8-17(9-12-24)26-19-18-7-3-2-5-15(18)13-21-22-19/h2-3,5,7,13,16-17H,4,6,8-12,14H2,1H3. The van der Waals surface area contributed by atoms with Crippen LogP contribution in [-0.2, 0) is 4.79 Å². The molecule has 2 saturated heterocycles. The number of carbonyl (C=O) groups is 1. The van der Waals surface area contributed by atoms with E-state index in [0.29, 0.717) is 11.8 Å². The number of likely N-dealkylation sites (tertiary alicyclic amines) is 2. The molecule has 138 valence electrons. The number of carbonyl (C=O) groups excluding carboxylic acids is 1. The SMILES string of the molecule is CN1CCCC(C(=O)N2CCC(Oc3nncc4ccccc34)CC2)C1. The number of nitrogens with zero attached hydrogens (tertiary/aromatic N) is 4. The van der Waals surface area contributed by atoms with Crippen molar-refractivity contribution in [2.75, 3.05) is 33.2 Å². The first-order valence-corrected chi connectivity index (χ1v) is 9.55. The van der Waals surface area contributed by atoms with Gasteiger partial charge in [0.2, 0.25) is 11.8 Å². The fraction of sp³-hybridized carbons (Fsp3) is 0.550. The lowest BCUT2D eigenvalue weighted by Gasteiger charge is -2.36. The van der Waals surface area contributed by atoms with Crippen LogP contribution in [0.15, 0.2) is 30.5 Å². The quantitative estimate of drug-likeness (QED) is 0.847. The van der Waals surface area contributed by atoms with Gasteiger partial charge in [0.1, 0.15) is 6.10 Å². The number of ether oxygens (including phenoxy) is 1. The van der Waals surface area contributed by atoms with Gasteiger partial charge in [0.05, 0.1) is 12.1 Å². The molecule has 6 nitrogen and oxygen atoms in total.